The summed E-state index contributed by atoms with van der Waals surface area (Å²) in [4.78, 5) is 32.0. The van der Waals surface area contributed by atoms with Crippen molar-refractivity contribution >= 4 is 29.3 Å². The Balaban J connectivity index is 0.00000225. The number of hydrogen-bond donors (Lipinski definition) is 1. The molecule has 2 aromatic heterocycles. The van der Waals surface area contributed by atoms with Crippen LogP contribution in [0.5, 0.6) is 0 Å². The van der Waals surface area contributed by atoms with Crippen molar-refractivity contribution in [1.82, 2.24) is 24.3 Å². The Kier molecular flexibility index (Phi) is 6.16. The highest BCUT2D eigenvalue weighted by atomic mass is 35.5. The van der Waals surface area contributed by atoms with E-state index in [-0.39, 0.29) is 36.6 Å². The number of aromatic nitrogens is 3. The number of nitrogens with zero attached hydrogens (tertiary/aromatic N) is 4. The number of benzene rings is 1. The number of carbonyl (C=O) groups excluding carboxylic acids is 1. The van der Waals surface area contributed by atoms with E-state index < -0.39 is 0 Å². The molecule has 3 aromatic rings. The summed E-state index contributed by atoms with van der Waals surface area (Å²) in [6, 6.07) is 11.4. The molecule has 148 valence electrons. The highest BCUT2D eigenvalue weighted by Gasteiger charge is 2.29. The SMILES string of the molecule is CCn1c(=O)n(CC(=O)N2CCNCC2c2cccnc2)c2ccccc21.Cl. The minimum Gasteiger partial charge on any atom is -0.331 e. The monoisotopic (exact) mass is 401 g/mol. The molecule has 4 rings (SSSR count). The van der Waals surface area contributed by atoms with Crippen LogP contribution in [0.3, 0.4) is 0 Å². The van der Waals surface area contributed by atoms with E-state index >= 15 is 0 Å². The van der Waals surface area contributed by atoms with Gasteiger partial charge in [-0.25, -0.2) is 4.79 Å². The lowest BCUT2D eigenvalue weighted by Crippen LogP contribution is -2.50. The van der Waals surface area contributed by atoms with Crippen LogP contribution < -0.4 is 11.0 Å². The highest BCUT2D eigenvalue weighted by Crippen LogP contribution is 2.22. The smallest absolute Gasteiger partial charge is 0.329 e. The van der Waals surface area contributed by atoms with Crippen LogP contribution in [0.4, 0.5) is 0 Å². The molecule has 0 bridgehead atoms. The van der Waals surface area contributed by atoms with E-state index in [9.17, 15) is 9.59 Å². The van der Waals surface area contributed by atoms with Crippen LogP contribution in [0.15, 0.2) is 53.6 Å². The number of hydrogen-bond acceptors (Lipinski definition) is 4. The summed E-state index contributed by atoms with van der Waals surface area (Å²) >= 11 is 0. The fourth-order valence-corrected chi connectivity index (χ4v) is 3.83. The molecule has 28 heavy (non-hydrogen) atoms. The molecule has 0 spiro atoms. The molecule has 1 unspecified atom stereocenters. The van der Waals surface area contributed by atoms with Gasteiger partial charge in [-0.05, 0) is 30.7 Å². The minimum absolute atomic E-state index is 0. The van der Waals surface area contributed by atoms with Crippen molar-refractivity contribution in [2.24, 2.45) is 0 Å². The Hall–Kier alpha value is -2.64. The second-order valence-electron chi connectivity index (χ2n) is 6.70. The van der Waals surface area contributed by atoms with Crippen molar-refractivity contribution in [3.63, 3.8) is 0 Å². The summed E-state index contributed by atoms with van der Waals surface area (Å²) in [6.07, 6.45) is 3.53. The van der Waals surface area contributed by atoms with Gasteiger partial charge in [0.1, 0.15) is 6.54 Å². The first kappa shape index (κ1) is 20.1. The van der Waals surface area contributed by atoms with Gasteiger partial charge in [-0.15, -0.1) is 12.4 Å². The van der Waals surface area contributed by atoms with Crippen LogP contribution in [0.1, 0.15) is 18.5 Å². The molecule has 1 N–H and O–H groups in total. The molecule has 8 heteroatoms. The van der Waals surface area contributed by atoms with E-state index in [1.165, 1.54) is 0 Å². The number of para-hydroxylation sites is 2. The summed E-state index contributed by atoms with van der Waals surface area (Å²) in [5.74, 6) is -0.0496. The molecule has 1 aromatic carbocycles. The van der Waals surface area contributed by atoms with Gasteiger partial charge >= 0.3 is 5.69 Å². The molecule has 0 saturated carbocycles. The maximum Gasteiger partial charge on any atom is 0.329 e. The molecular weight excluding hydrogens is 378 g/mol. The predicted molar refractivity (Wildman–Crippen MR) is 111 cm³/mol. The number of amides is 1. The third kappa shape index (κ3) is 3.55. The lowest BCUT2D eigenvalue weighted by Gasteiger charge is -2.36. The number of pyridine rings is 1. The Labute approximate surface area is 169 Å². The fourth-order valence-electron chi connectivity index (χ4n) is 3.83. The van der Waals surface area contributed by atoms with E-state index in [1.807, 2.05) is 48.2 Å². The third-order valence-corrected chi connectivity index (χ3v) is 5.17. The number of aryl methyl sites for hydroxylation is 1. The maximum atomic E-state index is 13.2. The largest absolute Gasteiger partial charge is 0.331 e. The normalized spacial score (nSPS) is 16.8. The number of carbonyl (C=O) groups is 1. The fraction of sp³-hybridized carbons (Fsp3) is 0.350. The Morgan fingerprint density at radius 2 is 1.93 bits per heavy atom. The van der Waals surface area contributed by atoms with Gasteiger partial charge in [0, 0.05) is 38.6 Å². The number of imidazole rings is 1. The molecule has 0 aliphatic carbocycles. The number of fused-ring (bicyclic) bond motifs is 1. The average molecular weight is 402 g/mol. The highest BCUT2D eigenvalue weighted by molar-refractivity contribution is 5.85. The van der Waals surface area contributed by atoms with Crippen molar-refractivity contribution in [3.8, 4) is 0 Å². The van der Waals surface area contributed by atoms with Crippen molar-refractivity contribution in [1.29, 1.82) is 0 Å². The molecule has 1 aliphatic heterocycles. The van der Waals surface area contributed by atoms with E-state index in [0.29, 0.717) is 19.6 Å². The van der Waals surface area contributed by atoms with Crippen molar-refractivity contribution < 1.29 is 4.79 Å². The second kappa shape index (κ2) is 8.58. The van der Waals surface area contributed by atoms with Crippen LogP contribution in [0.2, 0.25) is 0 Å². The molecule has 1 fully saturated rings. The Bertz CT molecular complexity index is 1010. The van der Waals surface area contributed by atoms with Gasteiger partial charge in [-0.1, -0.05) is 18.2 Å². The topological polar surface area (TPSA) is 72.2 Å². The first-order valence-electron chi connectivity index (χ1n) is 9.29. The van der Waals surface area contributed by atoms with Gasteiger partial charge in [0.15, 0.2) is 0 Å². The summed E-state index contributed by atoms with van der Waals surface area (Å²) < 4.78 is 3.29. The van der Waals surface area contributed by atoms with Crippen LogP contribution in [-0.2, 0) is 17.9 Å². The molecule has 1 saturated heterocycles. The van der Waals surface area contributed by atoms with Gasteiger partial charge in [-0.2, -0.15) is 0 Å². The maximum absolute atomic E-state index is 13.2. The molecule has 3 heterocycles. The molecule has 1 amide bonds. The first-order valence-corrected chi connectivity index (χ1v) is 9.29. The number of nitrogens with one attached hydrogen (secondary N) is 1. The van der Waals surface area contributed by atoms with Gasteiger partial charge in [0.2, 0.25) is 5.91 Å². The zero-order valence-electron chi connectivity index (χ0n) is 15.7. The quantitative estimate of drug-likeness (QED) is 0.723. The van der Waals surface area contributed by atoms with E-state index in [4.69, 9.17) is 0 Å². The van der Waals surface area contributed by atoms with E-state index in [1.54, 1.807) is 21.5 Å². The van der Waals surface area contributed by atoms with Crippen molar-refractivity contribution in [2.75, 3.05) is 19.6 Å². The van der Waals surface area contributed by atoms with Crippen LogP contribution in [-0.4, -0.2) is 44.6 Å². The number of halogens is 1. The summed E-state index contributed by atoms with van der Waals surface area (Å²) in [7, 11) is 0. The Morgan fingerprint density at radius 1 is 1.18 bits per heavy atom. The van der Waals surface area contributed by atoms with Gasteiger partial charge in [0.05, 0.1) is 17.1 Å². The molecular formula is C20H24ClN5O2. The third-order valence-electron chi connectivity index (χ3n) is 5.17. The van der Waals surface area contributed by atoms with Gasteiger partial charge < -0.3 is 10.2 Å². The molecule has 7 nitrogen and oxygen atoms in total. The van der Waals surface area contributed by atoms with Crippen molar-refractivity contribution in [2.45, 2.75) is 26.1 Å². The van der Waals surface area contributed by atoms with Crippen LogP contribution in [0, 0.1) is 0 Å². The van der Waals surface area contributed by atoms with Crippen LogP contribution >= 0.6 is 12.4 Å². The van der Waals surface area contributed by atoms with E-state index in [0.717, 1.165) is 23.1 Å². The van der Waals surface area contributed by atoms with Crippen LogP contribution in [0.25, 0.3) is 11.0 Å². The lowest BCUT2D eigenvalue weighted by atomic mass is 10.1. The molecule has 1 aliphatic rings. The minimum atomic E-state index is -0.139. The van der Waals surface area contributed by atoms with Gasteiger partial charge in [-0.3, -0.25) is 18.9 Å². The summed E-state index contributed by atoms with van der Waals surface area (Å²) in [5.41, 5.74) is 2.52. The van der Waals surface area contributed by atoms with Crippen molar-refractivity contribution in [3.05, 3.63) is 64.8 Å². The zero-order valence-corrected chi connectivity index (χ0v) is 16.6. The lowest BCUT2D eigenvalue weighted by molar-refractivity contribution is -0.135. The Morgan fingerprint density at radius 3 is 2.61 bits per heavy atom. The van der Waals surface area contributed by atoms with Gasteiger partial charge in [0.25, 0.3) is 0 Å². The summed E-state index contributed by atoms with van der Waals surface area (Å²) in [6.45, 7) is 4.60. The molecule has 0 radical (unpaired) electrons. The average Bonchev–Trinajstić information content (AvgIpc) is 2.99. The number of rotatable bonds is 4. The zero-order chi connectivity index (χ0) is 18.8. The molecule has 1 atom stereocenters. The predicted octanol–water partition coefficient (Wildman–Crippen LogP) is 1.81. The standard InChI is InChI=1S/C20H23N5O2.ClH/c1-2-23-16-7-3-4-8-17(16)25(20(23)27)14-19(26)24-11-10-22-13-18(24)15-6-5-9-21-12-15;/h3-9,12,18,22H,2,10-11,13-14H2,1H3;1H. The first-order chi connectivity index (χ1) is 13.2. The second-order valence-corrected chi connectivity index (χ2v) is 6.70. The summed E-state index contributed by atoms with van der Waals surface area (Å²) in [5, 5.41) is 3.34. The number of piperazine rings is 1. The van der Waals surface area contributed by atoms with E-state index in [2.05, 4.69) is 10.3 Å².